The van der Waals surface area contributed by atoms with Crippen molar-refractivity contribution in [3.8, 4) is 0 Å². The highest BCUT2D eigenvalue weighted by Gasteiger charge is 2.30. The van der Waals surface area contributed by atoms with Crippen molar-refractivity contribution in [3.05, 3.63) is 69.5 Å². The third kappa shape index (κ3) is 4.01. The van der Waals surface area contributed by atoms with E-state index in [1.807, 2.05) is 24.3 Å². The summed E-state index contributed by atoms with van der Waals surface area (Å²) in [4.78, 5) is 0. The zero-order valence-electron chi connectivity index (χ0n) is 11.1. The van der Waals surface area contributed by atoms with Crippen LogP contribution in [-0.4, -0.2) is 10.7 Å². The molecule has 0 aliphatic heterocycles. The molecule has 0 spiro atoms. The van der Waals surface area contributed by atoms with E-state index in [-0.39, 0.29) is 11.2 Å². The molecule has 0 unspecified atom stereocenters. The second-order valence-electron chi connectivity index (χ2n) is 4.98. The second-order valence-corrected chi connectivity index (χ2v) is 6.92. The molecule has 2 aromatic rings. The Morgan fingerprint density at radius 2 is 1.52 bits per heavy atom. The number of alkyl halides is 2. The van der Waals surface area contributed by atoms with E-state index in [1.165, 1.54) is 12.1 Å². The summed E-state index contributed by atoms with van der Waals surface area (Å²) in [7, 11) is 0. The van der Waals surface area contributed by atoms with Gasteiger partial charge in [0.15, 0.2) is 0 Å². The van der Waals surface area contributed by atoms with Crippen molar-refractivity contribution in [2.24, 2.45) is 0 Å². The molecular formula is C16H13Br2Cl2F. The average molecular weight is 455 g/mol. The first-order valence-corrected chi connectivity index (χ1v) is 9.32. The lowest BCUT2D eigenvalue weighted by atomic mass is 9.79. The van der Waals surface area contributed by atoms with Crippen LogP contribution in [0.2, 0.25) is 10.0 Å². The van der Waals surface area contributed by atoms with Gasteiger partial charge in [-0.1, -0.05) is 73.3 Å². The van der Waals surface area contributed by atoms with Crippen molar-refractivity contribution < 1.29 is 4.39 Å². The summed E-state index contributed by atoms with van der Waals surface area (Å²) < 4.78 is 13.2. The quantitative estimate of drug-likeness (QED) is 0.458. The Labute approximate surface area is 150 Å². The first kappa shape index (κ1) is 17.3. The Morgan fingerprint density at radius 1 is 0.905 bits per heavy atom. The van der Waals surface area contributed by atoms with Crippen molar-refractivity contribution in [1.82, 2.24) is 0 Å². The minimum atomic E-state index is -0.230. The van der Waals surface area contributed by atoms with Crippen LogP contribution < -0.4 is 0 Å². The Morgan fingerprint density at radius 3 is 2.05 bits per heavy atom. The lowest BCUT2D eigenvalue weighted by Crippen LogP contribution is -2.33. The smallest absolute Gasteiger partial charge is 0.123 e. The van der Waals surface area contributed by atoms with Gasteiger partial charge in [-0.05, 0) is 41.8 Å². The summed E-state index contributed by atoms with van der Waals surface area (Å²) in [6, 6.07) is 12.3. The van der Waals surface area contributed by atoms with Gasteiger partial charge >= 0.3 is 0 Å². The molecule has 0 N–H and O–H groups in total. The molecular weight excluding hydrogens is 442 g/mol. The first-order chi connectivity index (χ1) is 10.0. The Balaban J connectivity index is 2.37. The average Bonchev–Trinajstić information content (AvgIpc) is 2.49. The molecule has 0 saturated heterocycles. The van der Waals surface area contributed by atoms with Gasteiger partial charge in [0, 0.05) is 16.1 Å². The van der Waals surface area contributed by atoms with Crippen LogP contribution in [0.3, 0.4) is 0 Å². The lowest BCUT2D eigenvalue weighted by molar-refractivity contribution is 0.547. The Hall–Kier alpha value is -0.0900. The van der Waals surface area contributed by atoms with Crippen LogP contribution in [0.4, 0.5) is 4.39 Å². The number of benzene rings is 2. The standard InChI is InChI=1S/C16H13Br2Cl2F/c17-9-16(10-18,12-2-4-13(21)5-3-12)8-11-1-6-14(19)15(20)7-11/h1-7H,8-10H2. The number of hydrogen-bond donors (Lipinski definition) is 0. The largest absolute Gasteiger partial charge is 0.207 e. The van der Waals surface area contributed by atoms with Crippen molar-refractivity contribution in [1.29, 1.82) is 0 Å². The predicted octanol–water partition coefficient (Wildman–Crippen LogP) is 6.40. The lowest BCUT2D eigenvalue weighted by Gasteiger charge is -2.31. The highest BCUT2D eigenvalue weighted by Crippen LogP contribution is 2.34. The molecule has 112 valence electrons. The number of hydrogen-bond acceptors (Lipinski definition) is 0. The van der Waals surface area contributed by atoms with E-state index in [4.69, 9.17) is 23.2 Å². The van der Waals surface area contributed by atoms with Gasteiger partial charge in [-0.15, -0.1) is 0 Å². The summed E-state index contributed by atoms with van der Waals surface area (Å²) in [6.07, 6.45) is 0.770. The minimum Gasteiger partial charge on any atom is -0.207 e. The van der Waals surface area contributed by atoms with Gasteiger partial charge in [0.2, 0.25) is 0 Å². The maximum Gasteiger partial charge on any atom is 0.123 e. The van der Waals surface area contributed by atoms with Gasteiger partial charge < -0.3 is 0 Å². The molecule has 0 fully saturated rings. The number of halogens is 5. The zero-order valence-corrected chi connectivity index (χ0v) is 15.7. The third-order valence-corrected chi connectivity index (χ3v) is 6.38. The Bertz CT molecular complexity index is 610. The van der Waals surface area contributed by atoms with Crippen molar-refractivity contribution in [2.75, 3.05) is 10.7 Å². The summed E-state index contributed by atoms with van der Waals surface area (Å²) in [5, 5.41) is 2.59. The summed E-state index contributed by atoms with van der Waals surface area (Å²) in [5.74, 6) is -0.230. The van der Waals surface area contributed by atoms with Crippen molar-refractivity contribution in [2.45, 2.75) is 11.8 Å². The molecule has 21 heavy (non-hydrogen) atoms. The second kappa shape index (κ2) is 7.45. The van der Waals surface area contributed by atoms with Gasteiger partial charge in [-0.25, -0.2) is 4.39 Å². The van der Waals surface area contributed by atoms with E-state index >= 15 is 0 Å². The Kier molecular flexibility index (Phi) is 6.13. The van der Waals surface area contributed by atoms with E-state index in [1.54, 1.807) is 6.07 Å². The molecule has 0 atom stereocenters. The van der Waals surface area contributed by atoms with E-state index in [9.17, 15) is 4.39 Å². The van der Waals surface area contributed by atoms with Crippen LogP contribution in [-0.2, 0) is 11.8 Å². The fraction of sp³-hybridized carbons (Fsp3) is 0.250. The van der Waals surface area contributed by atoms with Crippen LogP contribution >= 0.6 is 55.1 Å². The topological polar surface area (TPSA) is 0 Å². The summed E-state index contributed by atoms with van der Waals surface area (Å²) in [5.41, 5.74) is 1.99. The molecule has 0 amide bonds. The minimum absolute atomic E-state index is 0.176. The van der Waals surface area contributed by atoms with Crippen LogP contribution in [0, 0.1) is 5.82 Å². The monoisotopic (exact) mass is 452 g/mol. The van der Waals surface area contributed by atoms with E-state index in [0.717, 1.165) is 28.2 Å². The molecule has 2 rings (SSSR count). The zero-order chi connectivity index (χ0) is 15.5. The van der Waals surface area contributed by atoms with Gasteiger partial charge in [0.25, 0.3) is 0 Å². The van der Waals surface area contributed by atoms with Gasteiger partial charge in [-0.3, -0.25) is 0 Å². The first-order valence-electron chi connectivity index (χ1n) is 6.33. The molecule has 0 aromatic heterocycles. The molecule has 0 bridgehead atoms. The van der Waals surface area contributed by atoms with Gasteiger partial charge in [0.1, 0.15) is 5.82 Å². The van der Waals surface area contributed by atoms with Crippen LogP contribution in [0.1, 0.15) is 11.1 Å². The van der Waals surface area contributed by atoms with Crippen molar-refractivity contribution in [3.63, 3.8) is 0 Å². The third-order valence-electron chi connectivity index (χ3n) is 3.49. The fourth-order valence-electron chi connectivity index (χ4n) is 2.23. The molecule has 0 aliphatic rings. The molecule has 2 aromatic carbocycles. The van der Waals surface area contributed by atoms with Gasteiger partial charge in [0.05, 0.1) is 10.0 Å². The molecule has 0 radical (unpaired) electrons. The maximum absolute atomic E-state index is 13.2. The molecule has 0 nitrogen and oxygen atoms in total. The van der Waals surface area contributed by atoms with Crippen LogP contribution in [0.5, 0.6) is 0 Å². The number of rotatable bonds is 5. The SMILES string of the molecule is Fc1ccc(C(CBr)(CBr)Cc2ccc(Cl)c(Cl)c2)cc1. The van der Waals surface area contributed by atoms with E-state index in [0.29, 0.717) is 10.0 Å². The maximum atomic E-state index is 13.2. The van der Waals surface area contributed by atoms with E-state index < -0.39 is 0 Å². The molecule has 0 saturated carbocycles. The fourth-order valence-corrected chi connectivity index (χ4v) is 4.52. The van der Waals surface area contributed by atoms with Gasteiger partial charge in [-0.2, -0.15) is 0 Å². The summed E-state index contributed by atoms with van der Waals surface area (Å²) >= 11 is 19.2. The molecule has 0 heterocycles. The van der Waals surface area contributed by atoms with Crippen LogP contribution in [0.25, 0.3) is 0 Å². The normalized spacial score (nSPS) is 11.7. The van der Waals surface area contributed by atoms with E-state index in [2.05, 4.69) is 31.9 Å². The highest BCUT2D eigenvalue weighted by atomic mass is 79.9. The highest BCUT2D eigenvalue weighted by molar-refractivity contribution is 9.09. The van der Waals surface area contributed by atoms with Crippen molar-refractivity contribution >= 4 is 55.1 Å². The summed E-state index contributed by atoms with van der Waals surface area (Å²) in [6.45, 7) is 0. The predicted molar refractivity (Wildman–Crippen MR) is 95.8 cm³/mol. The molecule has 0 aliphatic carbocycles. The molecule has 5 heteroatoms. The van der Waals surface area contributed by atoms with Crippen LogP contribution in [0.15, 0.2) is 42.5 Å².